The van der Waals surface area contributed by atoms with Crippen LogP contribution in [-0.2, 0) is 22.4 Å². The Morgan fingerprint density at radius 3 is 2.87 bits per heavy atom. The predicted octanol–water partition coefficient (Wildman–Crippen LogP) is 4.07. The summed E-state index contributed by atoms with van der Waals surface area (Å²) in [6.07, 6.45) is 6.25. The highest BCUT2D eigenvalue weighted by molar-refractivity contribution is 5.75. The van der Waals surface area contributed by atoms with Gasteiger partial charge in [0, 0.05) is 31.4 Å². The summed E-state index contributed by atoms with van der Waals surface area (Å²) in [7, 11) is 0. The number of fused-ring (bicyclic) bond motifs is 1. The maximum absolute atomic E-state index is 11.8. The number of carboxylic acids is 1. The summed E-state index contributed by atoms with van der Waals surface area (Å²) in [5.41, 5.74) is 3.29. The zero-order valence-electron chi connectivity index (χ0n) is 18.3. The first-order valence-electron chi connectivity index (χ1n) is 11.5. The van der Waals surface area contributed by atoms with Gasteiger partial charge in [0.25, 0.3) is 0 Å². The second-order valence-electron chi connectivity index (χ2n) is 8.78. The molecule has 0 bridgehead atoms. The van der Waals surface area contributed by atoms with Gasteiger partial charge in [-0.2, -0.15) is 0 Å². The minimum atomic E-state index is -0.798. The Kier molecular flexibility index (Phi) is 7.20. The lowest BCUT2D eigenvalue weighted by Gasteiger charge is -2.24. The van der Waals surface area contributed by atoms with Crippen LogP contribution in [0.2, 0.25) is 0 Å². The topological polar surface area (TPSA) is 74.7 Å². The molecule has 2 aliphatic heterocycles. The molecule has 0 spiro atoms. The first-order chi connectivity index (χ1) is 15.1. The van der Waals surface area contributed by atoms with E-state index in [1.54, 1.807) is 0 Å². The Morgan fingerprint density at radius 2 is 2.06 bits per heavy atom. The second-order valence-corrected chi connectivity index (χ2v) is 8.78. The number of aliphatic carboxylic acids is 1. The molecule has 1 unspecified atom stereocenters. The molecule has 1 aromatic heterocycles. The number of aromatic nitrogens is 1. The van der Waals surface area contributed by atoms with Gasteiger partial charge in [-0.15, -0.1) is 0 Å². The third-order valence-corrected chi connectivity index (χ3v) is 6.34. The monoisotopic (exact) mass is 423 g/mol. The van der Waals surface area contributed by atoms with Crippen LogP contribution in [-0.4, -0.2) is 52.8 Å². The van der Waals surface area contributed by atoms with Gasteiger partial charge in [-0.05, 0) is 62.6 Å². The van der Waals surface area contributed by atoms with Crippen molar-refractivity contribution in [2.75, 3.05) is 25.0 Å². The molecular formula is C25H33N3O3. The molecule has 31 heavy (non-hydrogen) atoms. The number of pyridine rings is 1. The fraction of sp³-hybridized carbons (Fsp3) is 0.520. The van der Waals surface area contributed by atoms with Crippen LogP contribution in [0.15, 0.2) is 42.5 Å². The van der Waals surface area contributed by atoms with E-state index in [1.807, 2.05) is 35.2 Å². The average molecular weight is 424 g/mol. The summed E-state index contributed by atoms with van der Waals surface area (Å²) < 4.78 is 6.07. The van der Waals surface area contributed by atoms with Crippen LogP contribution in [0.25, 0.3) is 0 Å². The summed E-state index contributed by atoms with van der Waals surface area (Å²) in [5, 5.41) is 13.2. The summed E-state index contributed by atoms with van der Waals surface area (Å²) in [6.45, 7) is 4.34. The minimum absolute atomic E-state index is 0.109. The molecule has 4 rings (SSSR count). The van der Waals surface area contributed by atoms with Gasteiger partial charge in [0.2, 0.25) is 0 Å². The quantitative estimate of drug-likeness (QED) is 0.593. The first-order valence-corrected chi connectivity index (χ1v) is 11.5. The lowest BCUT2D eigenvalue weighted by atomic mass is 10.0. The first kappa shape index (κ1) is 21.8. The van der Waals surface area contributed by atoms with Crippen LogP contribution < -0.4 is 5.32 Å². The van der Waals surface area contributed by atoms with Crippen molar-refractivity contribution in [1.82, 2.24) is 9.88 Å². The van der Waals surface area contributed by atoms with Crippen LogP contribution in [0.4, 0.5) is 5.82 Å². The highest BCUT2D eigenvalue weighted by atomic mass is 16.5. The maximum Gasteiger partial charge on any atom is 0.325 e. The molecule has 0 radical (unpaired) electrons. The van der Waals surface area contributed by atoms with Crippen LogP contribution in [0.5, 0.6) is 0 Å². The molecule has 6 heteroatoms. The molecule has 3 atom stereocenters. The van der Waals surface area contributed by atoms with Gasteiger partial charge in [-0.25, -0.2) is 4.98 Å². The number of nitrogens with one attached hydrogen (secondary N) is 1. The summed E-state index contributed by atoms with van der Waals surface area (Å²) >= 11 is 0. The van der Waals surface area contributed by atoms with E-state index in [4.69, 9.17) is 9.72 Å². The number of likely N-dealkylation sites (tertiary alicyclic amines) is 1. The van der Waals surface area contributed by atoms with Crippen LogP contribution in [0, 0.1) is 0 Å². The van der Waals surface area contributed by atoms with Crippen LogP contribution in [0.3, 0.4) is 0 Å². The largest absolute Gasteiger partial charge is 0.480 e. The fourth-order valence-electron chi connectivity index (χ4n) is 4.60. The summed E-state index contributed by atoms with van der Waals surface area (Å²) in [6, 6.07) is 13.7. The van der Waals surface area contributed by atoms with Gasteiger partial charge in [-0.3, -0.25) is 9.69 Å². The predicted molar refractivity (Wildman–Crippen MR) is 121 cm³/mol. The number of nitrogens with zero attached hydrogens (tertiary/aromatic N) is 2. The molecule has 166 valence electrons. The molecule has 2 N–H and O–H groups in total. The molecule has 1 aromatic carbocycles. The van der Waals surface area contributed by atoms with Gasteiger partial charge in [-0.1, -0.05) is 36.4 Å². The number of aryl methyl sites for hydroxylation is 2. The van der Waals surface area contributed by atoms with Crippen molar-refractivity contribution >= 4 is 11.8 Å². The molecule has 2 aromatic rings. The number of ether oxygens (including phenoxy) is 1. The van der Waals surface area contributed by atoms with Crippen molar-refractivity contribution in [3.8, 4) is 0 Å². The second kappa shape index (κ2) is 10.2. The van der Waals surface area contributed by atoms with Gasteiger partial charge >= 0.3 is 5.97 Å². The lowest BCUT2D eigenvalue weighted by Crippen LogP contribution is -2.33. The Bertz CT molecular complexity index is 874. The minimum Gasteiger partial charge on any atom is -0.480 e. The molecule has 6 nitrogen and oxygen atoms in total. The van der Waals surface area contributed by atoms with E-state index in [-0.39, 0.29) is 6.10 Å². The fourth-order valence-corrected chi connectivity index (χ4v) is 4.60. The molecule has 2 aliphatic rings. The van der Waals surface area contributed by atoms with E-state index in [0.29, 0.717) is 19.2 Å². The maximum atomic E-state index is 11.8. The number of carbonyl (C=O) groups is 1. The Labute approximate surface area is 184 Å². The molecule has 0 aliphatic carbocycles. The van der Waals surface area contributed by atoms with Crippen molar-refractivity contribution in [3.05, 3.63) is 59.3 Å². The molecular weight excluding hydrogens is 390 g/mol. The normalized spacial score (nSPS) is 22.0. The highest BCUT2D eigenvalue weighted by Gasteiger charge is 2.33. The molecule has 1 saturated heterocycles. The van der Waals surface area contributed by atoms with Crippen molar-refractivity contribution in [2.45, 2.75) is 63.6 Å². The third kappa shape index (κ3) is 5.63. The van der Waals surface area contributed by atoms with E-state index >= 15 is 0 Å². The highest BCUT2D eigenvalue weighted by Crippen LogP contribution is 2.27. The van der Waals surface area contributed by atoms with E-state index in [9.17, 15) is 9.90 Å². The number of rotatable bonds is 9. The number of hydrogen-bond donors (Lipinski definition) is 2. The third-order valence-electron chi connectivity index (χ3n) is 6.34. The molecule has 0 amide bonds. The molecule has 3 heterocycles. The Balaban J connectivity index is 1.19. The number of unbranched alkanes of at least 4 members (excludes halogenated alkanes) is 1. The van der Waals surface area contributed by atoms with E-state index < -0.39 is 12.0 Å². The van der Waals surface area contributed by atoms with Crippen LogP contribution in [0.1, 0.15) is 55.5 Å². The standard InChI is InChI=1S/C25H33N3O3/c1-18-10-11-20-12-13-21(27-24(20)26-18)9-5-6-16-31-22-14-15-28(17-22)23(25(29)30)19-7-3-2-4-8-19/h2-4,7-8,12-13,18,22-23H,5-6,9-11,14-17H2,1H3,(H,26,27)(H,29,30)/t18?,22-,23-/m1/s1. The molecule has 0 saturated carbocycles. The van der Waals surface area contributed by atoms with Crippen molar-refractivity contribution < 1.29 is 14.6 Å². The summed E-state index contributed by atoms with van der Waals surface area (Å²) in [4.78, 5) is 18.7. The molecule has 1 fully saturated rings. The Hall–Kier alpha value is -2.44. The van der Waals surface area contributed by atoms with Gasteiger partial charge in [0.15, 0.2) is 0 Å². The van der Waals surface area contributed by atoms with Gasteiger partial charge in [0.05, 0.1) is 6.10 Å². The number of anilines is 1. The SMILES string of the molecule is CC1CCc2ccc(CCCCO[C@@H]3CCN([C@@H](C(=O)O)c4ccccc4)C3)nc2N1. The number of carboxylic acid groups (broad SMARTS) is 1. The van der Waals surface area contributed by atoms with Gasteiger partial charge < -0.3 is 15.2 Å². The van der Waals surface area contributed by atoms with Crippen molar-refractivity contribution in [3.63, 3.8) is 0 Å². The van der Waals surface area contributed by atoms with E-state index in [1.165, 1.54) is 12.0 Å². The number of benzene rings is 1. The zero-order chi connectivity index (χ0) is 21.6. The zero-order valence-corrected chi connectivity index (χ0v) is 18.3. The summed E-state index contributed by atoms with van der Waals surface area (Å²) in [5.74, 6) is 0.262. The van der Waals surface area contributed by atoms with E-state index in [0.717, 1.165) is 55.7 Å². The number of hydrogen-bond acceptors (Lipinski definition) is 5. The van der Waals surface area contributed by atoms with Crippen molar-refractivity contribution in [2.24, 2.45) is 0 Å². The van der Waals surface area contributed by atoms with Crippen molar-refractivity contribution in [1.29, 1.82) is 0 Å². The van der Waals surface area contributed by atoms with Crippen LogP contribution >= 0.6 is 0 Å². The smallest absolute Gasteiger partial charge is 0.325 e. The lowest BCUT2D eigenvalue weighted by molar-refractivity contribution is -0.143. The van der Waals surface area contributed by atoms with Gasteiger partial charge in [0.1, 0.15) is 11.9 Å². The Morgan fingerprint density at radius 1 is 1.23 bits per heavy atom. The van der Waals surface area contributed by atoms with E-state index in [2.05, 4.69) is 24.4 Å². The average Bonchev–Trinajstić information content (AvgIpc) is 3.22.